The van der Waals surface area contributed by atoms with Gasteiger partial charge in [0.1, 0.15) is 5.60 Å². The van der Waals surface area contributed by atoms with Crippen LogP contribution in [0.2, 0.25) is 0 Å². The minimum Gasteiger partial charge on any atom is -0.481 e. The van der Waals surface area contributed by atoms with E-state index < -0.39 is 11.5 Å². The van der Waals surface area contributed by atoms with Crippen molar-refractivity contribution in [3.8, 4) is 17.0 Å². The van der Waals surface area contributed by atoms with Crippen molar-refractivity contribution in [1.82, 2.24) is 14.9 Å². The van der Waals surface area contributed by atoms with Gasteiger partial charge in [-0.1, -0.05) is 66.7 Å². The third-order valence-electron chi connectivity index (χ3n) is 6.17. The van der Waals surface area contributed by atoms with Crippen LogP contribution < -0.4 is 4.74 Å². The number of aliphatic hydroxyl groups is 1. The van der Waals surface area contributed by atoms with Gasteiger partial charge >= 0.3 is 0 Å². The summed E-state index contributed by atoms with van der Waals surface area (Å²) < 4.78 is 5.73. The lowest BCUT2D eigenvalue weighted by molar-refractivity contribution is 0.00268. The number of rotatable bonds is 9. The molecule has 2 unspecified atom stereocenters. The number of hydrogen-bond donors (Lipinski definition) is 1. The Balaban J connectivity index is 1.96. The molecule has 1 N–H and O–H groups in total. The Bertz CT molecular complexity index is 1180. The van der Waals surface area contributed by atoms with Gasteiger partial charge < -0.3 is 14.7 Å². The Morgan fingerprint density at radius 2 is 1.56 bits per heavy atom. The predicted molar refractivity (Wildman–Crippen MR) is 136 cm³/mol. The van der Waals surface area contributed by atoms with Crippen LogP contribution in [0.5, 0.6) is 5.88 Å². The van der Waals surface area contributed by atoms with Crippen LogP contribution in [0.1, 0.15) is 29.2 Å². The van der Waals surface area contributed by atoms with E-state index in [2.05, 4.69) is 28.1 Å². The topological polar surface area (TPSA) is 58.5 Å². The summed E-state index contributed by atoms with van der Waals surface area (Å²) in [5, 5.41) is 12.5. The van der Waals surface area contributed by atoms with Crippen molar-refractivity contribution in [1.29, 1.82) is 0 Å². The summed E-state index contributed by atoms with van der Waals surface area (Å²) in [5.41, 5.74) is 3.16. The summed E-state index contributed by atoms with van der Waals surface area (Å²) in [4.78, 5) is 11.4. The van der Waals surface area contributed by atoms with Crippen molar-refractivity contribution in [3.63, 3.8) is 0 Å². The first kappa shape index (κ1) is 23.6. The van der Waals surface area contributed by atoms with Crippen LogP contribution in [0.4, 0.5) is 0 Å². The molecule has 4 rings (SSSR count). The fraction of sp³-hybridized carbons (Fsp3) is 0.241. The number of ether oxygens (including phenoxy) is 1. The minimum atomic E-state index is -1.25. The van der Waals surface area contributed by atoms with E-state index in [-0.39, 0.29) is 0 Å². The second-order valence-corrected chi connectivity index (χ2v) is 8.72. The van der Waals surface area contributed by atoms with Crippen molar-refractivity contribution >= 4 is 0 Å². The molecule has 0 aliphatic carbocycles. The average Bonchev–Trinajstić information content (AvgIpc) is 2.89. The Morgan fingerprint density at radius 3 is 2.18 bits per heavy atom. The quantitative estimate of drug-likeness (QED) is 0.381. The third kappa shape index (κ3) is 5.01. The van der Waals surface area contributed by atoms with Crippen molar-refractivity contribution in [2.75, 3.05) is 27.7 Å². The van der Waals surface area contributed by atoms with Crippen LogP contribution in [-0.4, -0.2) is 47.7 Å². The van der Waals surface area contributed by atoms with Gasteiger partial charge in [-0.15, -0.1) is 0 Å². The zero-order valence-corrected chi connectivity index (χ0v) is 19.9. The molecule has 5 nitrogen and oxygen atoms in total. The van der Waals surface area contributed by atoms with Gasteiger partial charge in [-0.3, -0.25) is 4.98 Å². The Hall–Kier alpha value is -3.54. The molecule has 0 aliphatic heterocycles. The Labute approximate surface area is 201 Å². The van der Waals surface area contributed by atoms with E-state index in [4.69, 9.17) is 9.72 Å². The van der Waals surface area contributed by atoms with Crippen LogP contribution in [-0.2, 0) is 5.60 Å². The standard InChI is InChI=1S/C29H31N3O2/c1-32(2)19-17-29(33,24-14-8-5-9-15-24)27(26-16-10-11-18-30-26)25-20-23(21-31-28(25)34-3)22-12-6-4-7-13-22/h4-16,18,20-21,27,33H,17,19H2,1-3H3. The van der Waals surface area contributed by atoms with E-state index in [1.165, 1.54) is 0 Å². The molecule has 2 aromatic heterocycles. The molecular weight excluding hydrogens is 422 g/mol. The van der Waals surface area contributed by atoms with Gasteiger partial charge in [0.25, 0.3) is 0 Å². The summed E-state index contributed by atoms with van der Waals surface area (Å²) in [7, 11) is 5.64. The van der Waals surface area contributed by atoms with E-state index in [9.17, 15) is 5.11 Å². The summed E-state index contributed by atoms with van der Waals surface area (Å²) in [6, 6.07) is 27.8. The van der Waals surface area contributed by atoms with Crippen molar-refractivity contribution in [2.45, 2.75) is 17.9 Å². The molecule has 0 fully saturated rings. The molecule has 4 aromatic rings. The van der Waals surface area contributed by atoms with Crippen molar-refractivity contribution in [3.05, 3.63) is 114 Å². The van der Waals surface area contributed by atoms with E-state index in [0.29, 0.717) is 18.8 Å². The molecule has 2 heterocycles. The maximum Gasteiger partial charge on any atom is 0.217 e. The molecule has 174 valence electrons. The number of pyridine rings is 2. The lowest BCUT2D eigenvalue weighted by atomic mass is 9.73. The van der Waals surface area contributed by atoms with Gasteiger partial charge in [0.05, 0.1) is 18.7 Å². The van der Waals surface area contributed by atoms with E-state index >= 15 is 0 Å². The molecule has 0 spiro atoms. The molecule has 0 radical (unpaired) electrons. The van der Waals surface area contributed by atoms with Gasteiger partial charge in [0, 0.05) is 30.1 Å². The summed E-state index contributed by atoms with van der Waals surface area (Å²) in [5.74, 6) is -0.0169. The zero-order chi connectivity index (χ0) is 24.0. The SMILES string of the molecule is COc1ncc(-c2ccccc2)cc1C(c1ccccn1)C(O)(CCN(C)C)c1ccccc1. The van der Waals surface area contributed by atoms with E-state index in [0.717, 1.165) is 27.9 Å². The first-order valence-electron chi connectivity index (χ1n) is 11.5. The highest BCUT2D eigenvalue weighted by Crippen LogP contribution is 2.46. The summed E-state index contributed by atoms with van der Waals surface area (Å²) in [6.07, 6.45) is 4.08. The molecule has 0 bridgehead atoms. The smallest absolute Gasteiger partial charge is 0.217 e. The first-order chi connectivity index (χ1) is 16.5. The highest BCUT2D eigenvalue weighted by molar-refractivity contribution is 5.65. The fourth-order valence-corrected chi connectivity index (χ4v) is 4.42. The fourth-order valence-electron chi connectivity index (χ4n) is 4.42. The van der Waals surface area contributed by atoms with Crippen molar-refractivity contribution in [2.24, 2.45) is 0 Å². The van der Waals surface area contributed by atoms with E-state index in [1.807, 2.05) is 87.0 Å². The molecular formula is C29H31N3O2. The number of nitrogens with zero attached hydrogens (tertiary/aromatic N) is 3. The highest BCUT2D eigenvalue weighted by Gasteiger charge is 2.43. The van der Waals surface area contributed by atoms with Gasteiger partial charge in [-0.2, -0.15) is 0 Å². The Kier molecular flexibility index (Phi) is 7.36. The second-order valence-electron chi connectivity index (χ2n) is 8.72. The van der Waals surface area contributed by atoms with Crippen LogP contribution >= 0.6 is 0 Å². The van der Waals surface area contributed by atoms with E-state index in [1.54, 1.807) is 13.3 Å². The van der Waals surface area contributed by atoms with Gasteiger partial charge in [0.15, 0.2) is 0 Å². The zero-order valence-electron chi connectivity index (χ0n) is 19.9. The summed E-state index contributed by atoms with van der Waals surface area (Å²) in [6.45, 7) is 0.697. The highest BCUT2D eigenvalue weighted by atomic mass is 16.5. The average molecular weight is 454 g/mol. The van der Waals surface area contributed by atoms with Gasteiger partial charge in [-0.05, 0) is 49.8 Å². The molecule has 0 saturated carbocycles. The first-order valence-corrected chi connectivity index (χ1v) is 11.5. The van der Waals surface area contributed by atoms with Gasteiger partial charge in [0.2, 0.25) is 5.88 Å². The van der Waals surface area contributed by atoms with Crippen LogP contribution in [0, 0.1) is 0 Å². The molecule has 34 heavy (non-hydrogen) atoms. The second kappa shape index (κ2) is 10.6. The number of benzene rings is 2. The lowest BCUT2D eigenvalue weighted by Crippen LogP contribution is -2.38. The molecule has 5 heteroatoms. The normalized spacial score (nSPS) is 13.9. The third-order valence-corrected chi connectivity index (χ3v) is 6.17. The maximum absolute atomic E-state index is 12.5. The molecule has 2 atom stereocenters. The van der Waals surface area contributed by atoms with Crippen LogP contribution in [0.25, 0.3) is 11.1 Å². The molecule has 0 saturated heterocycles. The Morgan fingerprint density at radius 1 is 0.882 bits per heavy atom. The number of aromatic nitrogens is 2. The molecule has 0 aliphatic rings. The van der Waals surface area contributed by atoms with Gasteiger partial charge in [-0.25, -0.2) is 4.98 Å². The molecule has 0 amide bonds. The monoisotopic (exact) mass is 453 g/mol. The lowest BCUT2D eigenvalue weighted by Gasteiger charge is -2.38. The van der Waals surface area contributed by atoms with Crippen LogP contribution in [0.15, 0.2) is 97.3 Å². The predicted octanol–water partition coefficient (Wildman–Crippen LogP) is 5.12. The van der Waals surface area contributed by atoms with Crippen LogP contribution in [0.3, 0.4) is 0 Å². The largest absolute Gasteiger partial charge is 0.481 e. The van der Waals surface area contributed by atoms with Crippen molar-refractivity contribution < 1.29 is 9.84 Å². The molecule has 2 aromatic carbocycles. The number of methoxy groups -OCH3 is 1. The maximum atomic E-state index is 12.5. The minimum absolute atomic E-state index is 0.481. The number of hydrogen-bond acceptors (Lipinski definition) is 5. The summed E-state index contributed by atoms with van der Waals surface area (Å²) >= 11 is 0.